The Bertz CT molecular complexity index is 1110. The van der Waals surface area contributed by atoms with Gasteiger partial charge in [0.1, 0.15) is 0 Å². The van der Waals surface area contributed by atoms with Crippen LogP contribution in [0, 0.1) is 0 Å². The zero-order chi connectivity index (χ0) is 21.1. The fourth-order valence-electron chi connectivity index (χ4n) is 3.26. The lowest BCUT2D eigenvalue weighted by atomic mass is 9.99. The highest BCUT2D eigenvalue weighted by Crippen LogP contribution is 2.31. The van der Waals surface area contributed by atoms with Gasteiger partial charge in [-0.3, -0.25) is 14.9 Å². The molecular weight excluding hydrogens is 402 g/mol. The molecule has 7 nitrogen and oxygen atoms in total. The number of hydrogen-bond acceptors (Lipinski definition) is 6. The third kappa shape index (κ3) is 4.13. The van der Waals surface area contributed by atoms with Crippen molar-refractivity contribution in [1.29, 1.82) is 0 Å². The Morgan fingerprint density at radius 2 is 2.07 bits per heavy atom. The first kappa shape index (κ1) is 19.9. The minimum absolute atomic E-state index is 0.0416. The Kier molecular flexibility index (Phi) is 5.67. The number of nitrogens with one attached hydrogen (secondary N) is 2. The molecule has 8 heteroatoms. The van der Waals surface area contributed by atoms with Gasteiger partial charge in [0.2, 0.25) is 5.91 Å². The molecule has 2 aromatic carbocycles. The second kappa shape index (κ2) is 8.54. The number of aryl methyl sites for hydroxylation is 1. The highest BCUT2D eigenvalue weighted by atomic mass is 32.1. The molecule has 0 saturated heterocycles. The number of nitrogens with zero attached hydrogens (tertiary/aromatic N) is 1. The van der Waals surface area contributed by atoms with Gasteiger partial charge in [0.25, 0.3) is 5.91 Å². The monoisotopic (exact) mass is 423 g/mol. The third-order valence-corrected chi connectivity index (χ3v) is 5.50. The maximum Gasteiger partial charge on any atom is 0.257 e. The highest BCUT2D eigenvalue weighted by Gasteiger charge is 2.17. The largest absolute Gasteiger partial charge is 0.493 e. The summed E-state index contributed by atoms with van der Waals surface area (Å²) in [7, 11) is 1.56. The van der Waals surface area contributed by atoms with Crippen LogP contribution in [0.3, 0.4) is 0 Å². The summed E-state index contributed by atoms with van der Waals surface area (Å²) in [5.41, 5.74) is 4.13. The molecule has 2 N–H and O–H groups in total. The van der Waals surface area contributed by atoms with E-state index in [1.165, 1.54) is 11.3 Å². The van der Waals surface area contributed by atoms with E-state index in [2.05, 4.69) is 15.6 Å². The number of amides is 2. The second-order valence-corrected chi connectivity index (χ2v) is 7.57. The molecule has 154 valence electrons. The van der Waals surface area contributed by atoms with Crippen molar-refractivity contribution in [3.05, 3.63) is 52.9 Å². The highest BCUT2D eigenvalue weighted by molar-refractivity contribution is 7.14. The third-order valence-electron chi connectivity index (χ3n) is 4.75. The van der Waals surface area contributed by atoms with Crippen LogP contribution >= 0.6 is 11.3 Å². The summed E-state index contributed by atoms with van der Waals surface area (Å²) < 4.78 is 10.8. The lowest BCUT2D eigenvalue weighted by molar-refractivity contribution is -0.116. The molecule has 2 amide bonds. The molecule has 0 radical (unpaired) electrons. The summed E-state index contributed by atoms with van der Waals surface area (Å²) in [4.78, 5) is 28.7. The molecule has 4 rings (SSSR count). The van der Waals surface area contributed by atoms with Gasteiger partial charge in [-0.2, -0.15) is 0 Å². The molecule has 0 saturated carbocycles. The van der Waals surface area contributed by atoms with E-state index in [4.69, 9.17) is 9.47 Å². The molecule has 0 atom stereocenters. The molecule has 1 aliphatic heterocycles. The predicted octanol–water partition coefficient (Wildman–Crippen LogP) is 4.35. The SMILES string of the molecule is CCOc1cc(C(=O)Nc2nc(-c3ccc4c(c3)CCC(=O)N4)cs2)ccc1OC. The first-order valence-corrected chi connectivity index (χ1v) is 10.5. The molecule has 1 aromatic heterocycles. The number of benzene rings is 2. The van der Waals surface area contributed by atoms with E-state index in [1.54, 1.807) is 25.3 Å². The van der Waals surface area contributed by atoms with Crippen LogP contribution in [0.4, 0.5) is 10.8 Å². The zero-order valence-corrected chi connectivity index (χ0v) is 17.5. The number of carbonyl (C=O) groups excluding carboxylic acids is 2. The maximum absolute atomic E-state index is 12.7. The number of anilines is 2. The van der Waals surface area contributed by atoms with Crippen LogP contribution in [0.25, 0.3) is 11.3 Å². The van der Waals surface area contributed by atoms with E-state index in [-0.39, 0.29) is 11.8 Å². The fraction of sp³-hybridized carbons (Fsp3) is 0.227. The fourth-order valence-corrected chi connectivity index (χ4v) is 3.98. The van der Waals surface area contributed by atoms with Gasteiger partial charge < -0.3 is 14.8 Å². The van der Waals surface area contributed by atoms with Crippen molar-refractivity contribution in [2.75, 3.05) is 24.4 Å². The number of carbonyl (C=O) groups is 2. The number of rotatable bonds is 6. The maximum atomic E-state index is 12.7. The van der Waals surface area contributed by atoms with Gasteiger partial charge in [-0.1, -0.05) is 6.07 Å². The van der Waals surface area contributed by atoms with Crippen molar-refractivity contribution in [2.24, 2.45) is 0 Å². The summed E-state index contributed by atoms with van der Waals surface area (Å²) >= 11 is 1.36. The summed E-state index contributed by atoms with van der Waals surface area (Å²) in [6.45, 7) is 2.35. The van der Waals surface area contributed by atoms with Gasteiger partial charge in [0.05, 0.1) is 19.4 Å². The molecule has 0 unspecified atom stereocenters. The Hall–Kier alpha value is -3.39. The number of aromatic nitrogens is 1. The van der Waals surface area contributed by atoms with Crippen molar-refractivity contribution in [3.63, 3.8) is 0 Å². The van der Waals surface area contributed by atoms with Crippen LogP contribution in [0.1, 0.15) is 29.3 Å². The van der Waals surface area contributed by atoms with E-state index in [1.807, 2.05) is 30.5 Å². The molecule has 1 aliphatic rings. The van der Waals surface area contributed by atoms with Gasteiger partial charge in [-0.25, -0.2) is 4.98 Å². The Morgan fingerprint density at radius 1 is 1.20 bits per heavy atom. The van der Waals surface area contributed by atoms with Gasteiger partial charge in [0.15, 0.2) is 16.6 Å². The van der Waals surface area contributed by atoms with E-state index < -0.39 is 0 Å². The molecule has 2 heterocycles. The minimum atomic E-state index is -0.271. The van der Waals surface area contributed by atoms with E-state index in [0.717, 1.165) is 22.5 Å². The average molecular weight is 423 g/mol. The molecule has 0 aliphatic carbocycles. The molecule has 0 spiro atoms. The zero-order valence-electron chi connectivity index (χ0n) is 16.7. The van der Waals surface area contributed by atoms with Gasteiger partial charge in [0, 0.05) is 28.6 Å². The first-order valence-electron chi connectivity index (χ1n) is 9.58. The topological polar surface area (TPSA) is 89.5 Å². The average Bonchev–Trinajstić information content (AvgIpc) is 3.22. The summed E-state index contributed by atoms with van der Waals surface area (Å²) in [5.74, 6) is 0.870. The second-order valence-electron chi connectivity index (χ2n) is 6.71. The Morgan fingerprint density at radius 3 is 2.87 bits per heavy atom. The number of ether oxygens (including phenoxy) is 2. The molecule has 0 bridgehead atoms. The Labute approximate surface area is 178 Å². The van der Waals surface area contributed by atoms with Crippen LogP contribution in [0.5, 0.6) is 11.5 Å². The van der Waals surface area contributed by atoms with E-state index in [0.29, 0.717) is 41.6 Å². The molecular formula is C22H21N3O4S. The van der Waals surface area contributed by atoms with Crippen LogP contribution in [-0.4, -0.2) is 30.5 Å². The standard InChI is InChI=1S/C22H21N3O4S/c1-3-29-19-11-15(5-8-18(19)28-2)21(27)25-22-24-17(12-30-22)14-4-7-16-13(10-14)6-9-20(26)23-16/h4-5,7-8,10-12H,3,6,9H2,1-2H3,(H,23,26)(H,24,25,27). The van der Waals surface area contributed by atoms with Crippen LogP contribution in [-0.2, 0) is 11.2 Å². The quantitative estimate of drug-likeness (QED) is 0.615. The molecule has 3 aromatic rings. The predicted molar refractivity (Wildman–Crippen MR) is 117 cm³/mol. The lowest BCUT2D eigenvalue weighted by Gasteiger charge is -2.17. The van der Waals surface area contributed by atoms with Crippen LogP contribution < -0.4 is 20.1 Å². The van der Waals surface area contributed by atoms with Gasteiger partial charge in [-0.05, 0) is 49.2 Å². The summed E-state index contributed by atoms with van der Waals surface area (Å²) in [6.07, 6.45) is 1.20. The number of methoxy groups -OCH3 is 1. The molecule has 30 heavy (non-hydrogen) atoms. The minimum Gasteiger partial charge on any atom is -0.493 e. The molecule has 0 fully saturated rings. The van der Waals surface area contributed by atoms with Crippen molar-refractivity contribution in [1.82, 2.24) is 4.98 Å². The lowest BCUT2D eigenvalue weighted by Crippen LogP contribution is -2.18. The summed E-state index contributed by atoms with van der Waals surface area (Å²) in [6, 6.07) is 10.9. The number of fused-ring (bicyclic) bond motifs is 1. The van der Waals surface area contributed by atoms with Gasteiger partial charge >= 0.3 is 0 Å². The smallest absolute Gasteiger partial charge is 0.257 e. The number of hydrogen-bond donors (Lipinski definition) is 2. The van der Waals surface area contributed by atoms with Crippen LogP contribution in [0.15, 0.2) is 41.8 Å². The van der Waals surface area contributed by atoms with Gasteiger partial charge in [-0.15, -0.1) is 11.3 Å². The first-order chi connectivity index (χ1) is 14.6. The number of thiazole rings is 1. The van der Waals surface area contributed by atoms with Crippen molar-refractivity contribution in [2.45, 2.75) is 19.8 Å². The van der Waals surface area contributed by atoms with Crippen molar-refractivity contribution >= 4 is 34.0 Å². The summed E-state index contributed by atoms with van der Waals surface area (Å²) in [5, 5.41) is 8.13. The normalized spacial score (nSPS) is 12.7. The van der Waals surface area contributed by atoms with Crippen LogP contribution in [0.2, 0.25) is 0 Å². The Balaban J connectivity index is 1.50. The van der Waals surface area contributed by atoms with E-state index in [9.17, 15) is 9.59 Å². The van der Waals surface area contributed by atoms with Crippen molar-refractivity contribution in [3.8, 4) is 22.8 Å². The van der Waals surface area contributed by atoms with Crippen molar-refractivity contribution < 1.29 is 19.1 Å². The van der Waals surface area contributed by atoms with E-state index >= 15 is 0 Å².